The summed E-state index contributed by atoms with van der Waals surface area (Å²) in [7, 11) is 0. The molecule has 0 saturated heterocycles. The lowest BCUT2D eigenvalue weighted by atomic mass is 10.0. The fraction of sp³-hybridized carbons (Fsp3) is 0.385. The maximum atomic E-state index is 11.9. The number of aliphatic carboxylic acids is 1. The summed E-state index contributed by atoms with van der Waals surface area (Å²) in [5, 5.41) is 15.2. The Labute approximate surface area is 126 Å². The predicted octanol–water partition coefficient (Wildman–Crippen LogP) is 3.37. The first-order valence-electron chi connectivity index (χ1n) is 6.22. The van der Waals surface area contributed by atoms with Gasteiger partial charge in [-0.3, -0.25) is 4.79 Å². The molecule has 1 aliphatic carbocycles. The fourth-order valence-corrected chi connectivity index (χ4v) is 2.92. The van der Waals surface area contributed by atoms with E-state index in [2.05, 4.69) is 10.6 Å². The Kier molecular flexibility index (Phi) is 4.73. The van der Waals surface area contributed by atoms with Crippen molar-refractivity contribution >= 4 is 40.9 Å². The maximum Gasteiger partial charge on any atom is 0.319 e. The smallest absolute Gasteiger partial charge is 0.319 e. The average Bonchev–Trinajstić information content (AvgIpc) is 2.75. The van der Waals surface area contributed by atoms with Crippen molar-refractivity contribution in [2.75, 3.05) is 5.32 Å². The van der Waals surface area contributed by atoms with Gasteiger partial charge in [0.25, 0.3) is 0 Å². The van der Waals surface area contributed by atoms with Gasteiger partial charge in [0.15, 0.2) is 0 Å². The number of carboxylic acid groups (broad SMARTS) is 1. The van der Waals surface area contributed by atoms with E-state index in [9.17, 15) is 9.59 Å². The molecule has 2 rings (SSSR count). The second kappa shape index (κ2) is 6.33. The summed E-state index contributed by atoms with van der Waals surface area (Å²) in [6, 6.07) is 3.89. The topological polar surface area (TPSA) is 78.4 Å². The van der Waals surface area contributed by atoms with Crippen LogP contribution in [0.2, 0.25) is 10.0 Å². The van der Waals surface area contributed by atoms with Crippen LogP contribution < -0.4 is 10.6 Å². The highest BCUT2D eigenvalue weighted by atomic mass is 35.5. The highest BCUT2D eigenvalue weighted by Gasteiger charge is 2.33. The number of carboxylic acids is 1. The van der Waals surface area contributed by atoms with Gasteiger partial charge in [0.05, 0.1) is 5.92 Å². The standard InChI is InChI=1S/C13H14Cl2N2O3/c14-7-4-8(15)6-9(5-7)16-13(20)17-11-3-1-2-10(11)12(18)19/h4-6,10-11H,1-3H2,(H,18,19)(H2,16,17,20). The van der Waals surface area contributed by atoms with Gasteiger partial charge < -0.3 is 15.7 Å². The third-order valence-electron chi connectivity index (χ3n) is 3.27. The molecule has 0 radical (unpaired) electrons. The number of halogens is 2. The van der Waals surface area contributed by atoms with Crippen LogP contribution in [0.5, 0.6) is 0 Å². The van der Waals surface area contributed by atoms with Crippen molar-refractivity contribution in [2.24, 2.45) is 5.92 Å². The number of rotatable bonds is 3. The number of anilines is 1. The molecule has 0 aromatic heterocycles. The number of benzene rings is 1. The SMILES string of the molecule is O=C(Nc1cc(Cl)cc(Cl)c1)NC1CCCC1C(=O)O. The van der Waals surface area contributed by atoms with Gasteiger partial charge in [-0.1, -0.05) is 29.6 Å². The lowest BCUT2D eigenvalue weighted by molar-refractivity contribution is -0.142. The minimum Gasteiger partial charge on any atom is -0.481 e. The van der Waals surface area contributed by atoms with Crippen LogP contribution in [0.1, 0.15) is 19.3 Å². The molecule has 0 spiro atoms. The summed E-state index contributed by atoms with van der Waals surface area (Å²) < 4.78 is 0. The van der Waals surface area contributed by atoms with E-state index in [1.807, 2.05) is 0 Å². The number of hydrogen-bond acceptors (Lipinski definition) is 2. The normalized spacial score (nSPS) is 21.5. The van der Waals surface area contributed by atoms with Crippen molar-refractivity contribution in [3.05, 3.63) is 28.2 Å². The van der Waals surface area contributed by atoms with Gasteiger partial charge in [0, 0.05) is 21.8 Å². The molecule has 2 unspecified atom stereocenters. The monoisotopic (exact) mass is 316 g/mol. The van der Waals surface area contributed by atoms with Crippen LogP contribution in [0.4, 0.5) is 10.5 Å². The summed E-state index contributed by atoms with van der Waals surface area (Å²) in [4.78, 5) is 22.9. The van der Waals surface area contributed by atoms with Crippen molar-refractivity contribution in [1.29, 1.82) is 0 Å². The third kappa shape index (κ3) is 3.77. The second-order valence-electron chi connectivity index (χ2n) is 4.74. The van der Waals surface area contributed by atoms with Crippen LogP contribution in [-0.4, -0.2) is 23.1 Å². The first-order chi connectivity index (χ1) is 9.45. The molecule has 1 fully saturated rings. The van der Waals surface area contributed by atoms with Gasteiger partial charge in [-0.25, -0.2) is 4.79 Å². The van der Waals surface area contributed by atoms with E-state index in [0.717, 1.165) is 6.42 Å². The van der Waals surface area contributed by atoms with Crippen LogP contribution in [0.3, 0.4) is 0 Å². The molecule has 2 amide bonds. The van der Waals surface area contributed by atoms with Crippen molar-refractivity contribution < 1.29 is 14.7 Å². The summed E-state index contributed by atoms with van der Waals surface area (Å²) >= 11 is 11.7. The molecular weight excluding hydrogens is 303 g/mol. The van der Waals surface area contributed by atoms with Crippen molar-refractivity contribution in [1.82, 2.24) is 5.32 Å². The molecule has 0 aliphatic heterocycles. The van der Waals surface area contributed by atoms with Crippen LogP contribution in [-0.2, 0) is 4.79 Å². The van der Waals surface area contributed by atoms with E-state index in [-0.39, 0.29) is 6.04 Å². The zero-order chi connectivity index (χ0) is 14.7. The molecule has 7 heteroatoms. The Morgan fingerprint density at radius 1 is 1.15 bits per heavy atom. The molecule has 20 heavy (non-hydrogen) atoms. The molecule has 3 N–H and O–H groups in total. The molecule has 108 valence electrons. The number of urea groups is 1. The van der Waals surface area contributed by atoms with Crippen molar-refractivity contribution in [3.8, 4) is 0 Å². The highest BCUT2D eigenvalue weighted by molar-refractivity contribution is 6.35. The van der Waals surface area contributed by atoms with Crippen molar-refractivity contribution in [2.45, 2.75) is 25.3 Å². The minimum atomic E-state index is -0.876. The fourth-order valence-electron chi connectivity index (χ4n) is 2.39. The number of hydrogen-bond donors (Lipinski definition) is 3. The van der Waals surface area contributed by atoms with Gasteiger partial charge in [-0.05, 0) is 31.0 Å². The van der Waals surface area contributed by atoms with Crippen LogP contribution in [0.25, 0.3) is 0 Å². The highest BCUT2D eigenvalue weighted by Crippen LogP contribution is 2.26. The van der Waals surface area contributed by atoms with E-state index in [0.29, 0.717) is 28.6 Å². The first-order valence-corrected chi connectivity index (χ1v) is 6.97. The summed E-state index contributed by atoms with van der Waals surface area (Å²) in [6.45, 7) is 0. The number of carbonyl (C=O) groups is 2. The lowest BCUT2D eigenvalue weighted by Gasteiger charge is -2.18. The predicted molar refractivity (Wildman–Crippen MR) is 77.4 cm³/mol. The minimum absolute atomic E-state index is 0.345. The van der Waals surface area contributed by atoms with Gasteiger partial charge in [0.1, 0.15) is 0 Å². The molecule has 5 nitrogen and oxygen atoms in total. The molecule has 1 aromatic carbocycles. The maximum absolute atomic E-state index is 11.9. The van der Waals surface area contributed by atoms with E-state index >= 15 is 0 Å². The van der Waals surface area contributed by atoms with E-state index in [1.165, 1.54) is 0 Å². The Morgan fingerprint density at radius 3 is 2.40 bits per heavy atom. The molecule has 1 aliphatic rings. The molecule has 0 bridgehead atoms. The van der Waals surface area contributed by atoms with Crippen LogP contribution in [0.15, 0.2) is 18.2 Å². The van der Waals surface area contributed by atoms with Gasteiger partial charge in [-0.15, -0.1) is 0 Å². The zero-order valence-electron chi connectivity index (χ0n) is 10.5. The first kappa shape index (κ1) is 14.9. The van der Waals surface area contributed by atoms with Gasteiger partial charge >= 0.3 is 12.0 Å². The number of nitrogens with one attached hydrogen (secondary N) is 2. The Bertz CT molecular complexity index is 516. The molecule has 2 atom stereocenters. The van der Waals surface area contributed by atoms with E-state index in [1.54, 1.807) is 18.2 Å². The summed E-state index contributed by atoms with van der Waals surface area (Å²) in [5.41, 5.74) is 0.463. The summed E-state index contributed by atoms with van der Waals surface area (Å²) in [6.07, 6.45) is 2.05. The Balaban J connectivity index is 1.97. The number of carbonyl (C=O) groups excluding carboxylic acids is 1. The molecule has 1 saturated carbocycles. The van der Waals surface area contributed by atoms with Crippen molar-refractivity contribution in [3.63, 3.8) is 0 Å². The lowest BCUT2D eigenvalue weighted by Crippen LogP contribution is -2.42. The Hall–Kier alpha value is -1.46. The van der Waals surface area contributed by atoms with Crippen LogP contribution in [0, 0.1) is 5.92 Å². The van der Waals surface area contributed by atoms with E-state index < -0.39 is 17.9 Å². The molecule has 0 heterocycles. The largest absolute Gasteiger partial charge is 0.481 e. The molecular formula is C13H14Cl2N2O3. The van der Waals surface area contributed by atoms with Crippen LogP contribution >= 0.6 is 23.2 Å². The second-order valence-corrected chi connectivity index (χ2v) is 5.61. The van der Waals surface area contributed by atoms with E-state index in [4.69, 9.17) is 28.3 Å². The van der Waals surface area contributed by atoms with Gasteiger partial charge in [-0.2, -0.15) is 0 Å². The third-order valence-corrected chi connectivity index (χ3v) is 3.71. The molecule has 1 aromatic rings. The van der Waals surface area contributed by atoms with Gasteiger partial charge in [0.2, 0.25) is 0 Å². The quantitative estimate of drug-likeness (QED) is 0.800. The number of amides is 2. The summed E-state index contributed by atoms with van der Waals surface area (Å²) in [5.74, 6) is -1.40. The zero-order valence-corrected chi connectivity index (χ0v) is 12.0. The average molecular weight is 317 g/mol. The Morgan fingerprint density at radius 2 is 1.80 bits per heavy atom.